The molecule has 0 atom stereocenters. The van der Waals surface area contributed by atoms with Gasteiger partial charge in [0.1, 0.15) is 11.5 Å². The zero-order valence-electron chi connectivity index (χ0n) is 9.75. The van der Waals surface area contributed by atoms with Crippen LogP contribution in [0.15, 0.2) is 18.2 Å². The van der Waals surface area contributed by atoms with Crippen LogP contribution in [0.2, 0.25) is 5.02 Å². The Morgan fingerprint density at radius 1 is 1.35 bits per heavy atom. The Kier molecular flexibility index (Phi) is 4.97. The summed E-state index contributed by atoms with van der Waals surface area (Å²) < 4.78 is 5.03. The van der Waals surface area contributed by atoms with E-state index in [0.717, 1.165) is 0 Å². The molecule has 4 nitrogen and oxygen atoms in total. The quantitative estimate of drug-likeness (QED) is 0.880. The fourth-order valence-corrected chi connectivity index (χ4v) is 1.45. The minimum atomic E-state index is -0.204. The van der Waals surface area contributed by atoms with E-state index in [4.69, 9.17) is 16.3 Å². The molecule has 0 fully saturated rings. The van der Waals surface area contributed by atoms with Gasteiger partial charge in [0.25, 0.3) is 0 Å². The van der Waals surface area contributed by atoms with Crippen molar-refractivity contribution in [2.45, 2.75) is 19.8 Å². The van der Waals surface area contributed by atoms with Crippen molar-refractivity contribution in [1.29, 1.82) is 0 Å². The Bertz CT molecular complexity index is 432. The highest BCUT2D eigenvalue weighted by Gasteiger charge is 2.06. The van der Waals surface area contributed by atoms with Crippen LogP contribution in [0.4, 0.5) is 5.69 Å². The molecule has 0 radical (unpaired) electrons. The van der Waals surface area contributed by atoms with E-state index in [1.807, 2.05) is 0 Å². The van der Waals surface area contributed by atoms with Gasteiger partial charge in [0.15, 0.2) is 0 Å². The Labute approximate surface area is 105 Å². The van der Waals surface area contributed by atoms with E-state index < -0.39 is 0 Å². The number of rotatable bonds is 5. The van der Waals surface area contributed by atoms with Crippen LogP contribution < -0.4 is 10.1 Å². The number of carbonyl (C=O) groups is 2. The molecule has 1 aromatic carbocycles. The van der Waals surface area contributed by atoms with E-state index in [2.05, 4.69) is 5.32 Å². The lowest BCUT2D eigenvalue weighted by Crippen LogP contribution is -2.12. The Morgan fingerprint density at radius 2 is 2.06 bits per heavy atom. The van der Waals surface area contributed by atoms with Crippen LogP contribution in [0, 0.1) is 0 Å². The van der Waals surface area contributed by atoms with Gasteiger partial charge < -0.3 is 14.8 Å². The van der Waals surface area contributed by atoms with E-state index in [0.29, 0.717) is 16.5 Å². The van der Waals surface area contributed by atoms with Gasteiger partial charge in [0.05, 0.1) is 12.1 Å². The molecule has 17 heavy (non-hydrogen) atoms. The average Bonchev–Trinajstić information content (AvgIpc) is 2.29. The summed E-state index contributed by atoms with van der Waals surface area (Å²) in [5.41, 5.74) is 0.597. The molecule has 0 spiro atoms. The maximum Gasteiger partial charge on any atom is 0.224 e. The smallest absolute Gasteiger partial charge is 0.224 e. The highest BCUT2D eigenvalue weighted by Crippen LogP contribution is 2.27. The number of methoxy groups -OCH3 is 1. The van der Waals surface area contributed by atoms with Crippen LogP contribution in [0.25, 0.3) is 0 Å². The molecule has 5 heteroatoms. The van der Waals surface area contributed by atoms with E-state index >= 15 is 0 Å². The third kappa shape index (κ3) is 4.44. The molecule has 0 aromatic heterocycles. The third-order valence-corrected chi connectivity index (χ3v) is 2.45. The summed E-state index contributed by atoms with van der Waals surface area (Å²) in [5.74, 6) is 0.287. The first kappa shape index (κ1) is 13.5. The number of ether oxygens (including phenoxy) is 1. The number of ketones is 1. The zero-order chi connectivity index (χ0) is 12.8. The van der Waals surface area contributed by atoms with E-state index in [-0.39, 0.29) is 24.5 Å². The van der Waals surface area contributed by atoms with E-state index in [1.54, 1.807) is 18.2 Å². The van der Waals surface area contributed by atoms with Crippen molar-refractivity contribution in [2.75, 3.05) is 12.4 Å². The predicted molar refractivity (Wildman–Crippen MR) is 66.5 cm³/mol. The van der Waals surface area contributed by atoms with Gasteiger partial charge in [-0.15, -0.1) is 0 Å². The zero-order valence-corrected chi connectivity index (χ0v) is 10.5. The molecule has 0 aliphatic carbocycles. The summed E-state index contributed by atoms with van der Waals surface area (Å²) in [6.45, 7) is 1.46. The first-order valence-corrected chi connectivity index (χ1v) is 5.53. The van der Waals surface area contributed by atoms with Gasteiger partial charge in [0, 0.05) is 24.6 Å². The number of nitrogens with one attached hydrogen (secondary N) is 1. The normalized spacial score (nSPS) is 9.82. The van der Waals surface area contributed by atoms with Gasteiger partial charge >= 0.3 is 0 Å². The molecule has 0 bridgehead atoms. The Morgan fingerprint density at radius 3 is 2.65 bits per heavy atom. The van der Waals surface area contributed by atoms with Crippen molar-refractivity contribution in [3.8, 4) is 5.75 Å². The summed E-state index contributed by atoms with van der Waals surface area (Å²) in [6, 6.07) is 4.95. The number of hydrogen-bond acceptors (Lipinski definition) is 3. The van der Waals surface area contributed by atoms with Crippen molar-refractivity contribution >= 4 is 29.0 Å². The number of carbonyl (C=O) groups excluding carboxylic acids is 2. The van der Waals surface area contributed by atoms with E-state index in [1.165, 1.54) is 14.0 Å². The lowest BCUT2D eigenvalue weighted by atomic mass is 10.2. The maximum absolute atomic E-state index is 11.5. The van der Waals surface area contributed by atoms with Crippen LogP contribution in [-0.4, -0.2) is 18.8 Å². The molecular weight excluding hydrogens is 242 g/mol. The fraction of sp³-hybridized carbons (Fsp3) is 0.333. The van der Waals surface area contributed by atoms with Crippen LogP contribution in [0.1, 0.15) is 19.8 Å². The molecular formula is C12H14ClNO3. The van der Waals surface area contributed by atoms with Crippen LogP contribution >= 0.6 is 11.6 Å². The minimum Gasteiger partial charge on any atom is -0.495 e. The largest absolute Gasteiger partial charge is 0.495 e. The molecule has 1 amide bonds. The lowest BCUT2D eigenvalue weighted by Gasteiger charge is -2.07. The molecule has 0 saturated heterocycles. The molecule has 0 aliphatic heterocycles. The van der Waals surface area contributed by atoms with Crippen LogP contribution in [0.3, 0.4) is 0 Å². The number of Topliss-reactive ketones (excluding diaryl/α,β-unsaturated/α-hetero) is 1. The van der Waals surface area contributed by atoms with Crippen molar-refractivity contribution in [1.82, 2.24) is 0 Å². The number of anilines is 1. The van der Waals surface area contributed by atoms with Gasteiger partial charge in [-0.25, -0.2) is 0 Å². The molecule has 1 rings (SSSR count). The second-order valence-electron chi connectivity index (χ2n) is 3.60. The number of amides is 1. The maximum atomic E-state index is 11.5. The second kappa shape index (κ2) is 6.25. The lowest BCUT2D eigenvalue weighted by molar-refractivity contribution is -0.121. The summed E-state index contributed by atoms with van der Waals surface area (Å²) in [6.07, 6.45) is 0.427. The monoisotopic (exact) mass is 255 g/mol. The Hall–Kier alpha value is -1.55. The van der Waals surface area contributed by atoms with Crippen molar-refractivity contribution < 1.29 is 14.3 Å². The summed E-state index contributed by atoms with van der Waals surface area (Å²) in [5, 5.41) is 3.15. The predicted octanol–water partition coefficient (Wildman–Crippen LogP) is 2.66. The first-order chi connectivity index (χ1) is 8.02. The standard InChI is InChI=1S/C12H14ClNO3/c1-8(15)3-6-12(16)14-9-4-5-10(13)11(7-9)17-2/h4-5,7H,3,6H2,1-2H3,(H,14,16). The topological polar surface area (TPSA) is 55.4 Å². The second-order valence-corrected chi connectivity index (χ2v) is 4.01. The number of hydrogen-bond donors (Lipinski definition) is 1. The number of benzene rings is 1. The molecule has 92 valence electrons. The van der Waals surface area contributed by atoms with Gasteiger partial charge in [-0.3, -0.25) is 4.79 Å². The van der Waals surface area contributed by atoms with Crippen LogP contribution in [-0.2, 0) is 9.59 Å². The van der Waals surface area contributed by atoms with Crippen molar-refractivity contribution in [3.63, 3.8) is 0 Å². The van der Waals surface area contributed by atoms with Crippen molar-refractivity contribution in [3.05, 3.63) is 23.2 Å². The van der Waals surface area contributed by atoms with Crippen molar-refractivity contribution in [2.24, 2.45) is 0 Å². The molecule has 1 N–H and O–H groups in total. The highest BCUT2D eigenvalue weighted by molar-refractivity contribution is 6.32. The minimum absolute atomic E-state index is 0.00571. The molecule has 0 heterocycles. The molecule has 0 saturated carbocycles. The van der Waals surface area contributed by atoms with Crippen LogP contribution in [0.5, 0.6) is 5.75 Å². The van der Waals surface area contributed by atoms with Gasteiger partial charge in [0.2, 0.25) is 5.91 Å². The summed E-state index contributed by atoms with van der Waals surface area (Å²) in [4.78, 5) is 22.2. The molecule has 0 aliphatic rings. The summed E-state index contributed by atoms with van der Waals surface area (Å²) in [7, 11) is 1.50. The third-order valence-electron chi connectivity index (χ3n) is 2.14. The number of halogens is 1. The Balaban J connectivity index is 2.62. The van der Waals surface area contributed by atoms with Gasteiger partial charge in [-0.2, -0.15) is 0 Å². The SMILES string of the molecule is COc1cc(NC(=O)CCC(C)=O)ccc1Cl. The summed E-state index contributed by atoms with van der Waals surface area (Å²) >= 11 is 5.85. The average molecular weight is 256 g/mol. The fourth-order valence-electron chi connectivity index (χ4n) is 1.25. The van der Waals surface area contributed by atoms with Gasteiger partial charge in [-0.1, -0.05) is 11.6 Å². The first-order valence-electron chi connectivity index (χ1n) is 5.15. The highest BCUT2D eigenvalue weighted by atomic mass is 35.5. The van der Waals surface area contributed by atoms with Gasteiger partial charge in [-0.05, 0) is 19.1 Å². The van der Waals surface area contributed by atoms with E-state index in [9.17, 15) is 9.59 Å². The molecule has 1 aromatic rings. The molecule has 0 unspecified atom stereocenters.